The van der Waals surface area contributed by atoms with Gasteiger partial charge in [0.25, 0.3) is 11.8 Å². The number of hydrogen-bond donors (Lipinski definition) is 2. The van der Waals surface area contributed by atoms with E-state index in [-0.39, 0.29) is 11.8 Å². The number of methoxy groups -OCH3 is 1. The number of hydrogen-bond acceptors (Lipinski definition) is 6. The van der Waals surface area contributed by atoms with Gasteiger partial charge in [-0.15, -0.1) is 0 Å². The van der Waals surface area contributed by atoms with Crippen LogP contribution in [-0.2, 0) is 4.74 Å². The van der Waals surface area contributed by atoms with Gasteiger partial charge < -0.3 is 24.8 Å². The highest BCUT2D eigenvalue weighted by molar-refractivity contribution is 5.99. The van der Waals surface area contributed by atoms with E-state index in [0.29, 0.717) is 56.1 Å². The molecule has 33 heavy (non-hydrogen) atoms. The molecule has 0 aromatic heterocycles. The van der Waals surface area contributed by atoms with Crippen LogP contribution in [-0.4, -0.2) is 87.2 Å². The third-order valence-electron chi connectivity index (χ3n) is 6.00. The number of nitrogens with zero attached hydrogens (tertiary/aromatic N) is 3. The molecule has 0 aliphatic carbocycles. The molecule has 0 spiro atoms. The Labute approximate surface area is 193 Å². The monoisotopic (exact) mass is 451 g/mol. The van der Waals surface area contributed by atoms with E-state index in [9.17, 15) is 14.4 Å². The highest BCUT2D eigenvalue weighted by Crippen LogP contribution is 2.29. The Morgan fingerprint density at radius 1 is 0.818 bits per heavy atom. The fraction of sp³-hybridized carbons (Fsp3) is 0.375. The van der Waals surface area contributed by atoms with Crippen LogP contribution in [0.2, 0.25) is 0 Å². The molecule has 0 unspecified atom stereocenters. The number of carbonyl (C=O) groups excluding carboxylic acids is 3. The fourth-order valence-corrected chi connectivity index (χ4v) is 4.17. The summed E-state index contributed by atoms with van der Waals surface area (Å²) in [5.74, 6) is -0.0469. The van der Waals surface area contributed by atoms with Crippen molar-refractivity contribution in [2.75, 3.05) is 69.7 Å². The zero-order valence-corrected chi connectivity index (χ0v) is 18.8. The van der Waals surface area contributed by atoms with E-state index < -0.39 is 6.09 Å². The van der Waals surface area contributed by atoms with E-state index in [1.54, 1.807) is 17.0 Å². The molecule has 9 nitrogen and oxygen atoms in total. The van der Waals surface area contributed by atoms with Gasteiger partial charge in [0.05, 0.1) is 18.5 Å². The third-order valence-corrected chi connectivity index (χ3v) is 6.00. The summed E-state index contributed by atoms with van der Waals surface area (Å²) in [5.41, 5.74) is 2.51. The van der Waals surface area contributed by atoms with Crippen LogP contribution in [0, 0.1) is 0 Å². The van der Waals surface area contributed by atoms with Crippen LogP contribution in [0.5, 0.6) is 0 Å². The molecule has 2 aromatic carbocycles. The summed E-state index contributed by atoms with van der Waals surface area (Å²) in [6, 6.07) is 14.6. The minimum atomic E-state index is -0.596. The van der Waals surface area contributed by atoms with Crippen molar-refractivity contribution in [2.24, 2.45) is 0 Å². The van der Waals surface area contributed by atoms with Crippen molar-refractivity contribution in [1.82, 2.24) is 15.1 Å². The molecule has 9 heteroatoms. The van der Waals surface area contributed by atoms with E-state index in [2.05, 4.69) is 15.5 Å². The van der Waals surface area contributed by atoms with E-state index in [4.69, 9.17) is 4.74 Å². The summed E-state index contributed by atoms with van der Waals surface area (Å²) in [6.45, 7) is 5.18. The number of benzene rings is 2. The van der Waals surface area contributed by atoms with Crippen molar-refractivity contribution in [2.45, 2.75) is 0 Å². The number of ether oxygens (including phenoxy) is 1. The summed E-state index contributed by atoms with van der Waals surface area (Å²) >= 11 is 0. The van der Waals surface area contributed by atoms with Gasteiger partial charge in [0.1, 0.15) is 0 Å². The van der Waals surface area contributed by atoms with Gasteiger partial charge in [-0.25, -0.2) is 4.79 Å². The lowest BCUT2D eigenvalue weighted by Gasteiger charge is -2.37. The number of nitrogens with one attached hydrogen (secondary N) is 2. The molecule has 2 aliphatic rings. The van der Waals surface area contributed by atoms with Gasteiger partial charge in [0.2, 0.25) is 0 Å². The zero-order valence-electron chi connectivity index (χ0n) is 18.8. The maximum absolute atomic E-state index is 12.9. The molecule has 2 N–H and O–H groups in total. The maximum Gasteiger partial charge on any atom is 0.411 e. The van der Waals surface area contributed by atoms with Gasteiger partial charge in [-0.05, 0) is 30.3 Å². The number of carbonyl (C=O) groups is 3. The molecule has 2 fully saturated rings. The van der Waals surface area contributed by atoms with Crippen LogP contribution < -0.4 is 15.5 Å². The van der Waals surface area contributed by atoms with Crippen molar-refractivity contribution in [3.63, 3.8) is 0 Å². The molecular weight excluding hydrogens is 422 g/mol. The molecular formula is C24H29N5O4. The first-order valence-corrected chi connectivity index (χ1v) is 11.1. The lowest BCUT2D eigenvalue weighted by Crippen LogP contribution is -2.49. The summed E-state index contributed by atoms with van der Waals surface area (Å²) < 4.78 is 4.79. The molecule has 2 heterocycles. The fourth-order valence-electron chi connectivity index (χ4n) is 4.17. The minimum Gasteiger partial charge on any atom is -0.453 e. The van der Waals surface area contributed by atoms with Crippen LogP contribution in [0.3, 0.4) is 0 Å². The number of amides is 3. The highest BCUT2D eigenvalue weighted by atomic mass is 16.5. The third kappa shape index (κ3) is 5.25. The Kier molecular flexibility index (Phi) is 7.09. The van der Waals surface area contributed by atoms with E-state index in [1.807, 2.05) is 41.3 Å². The van der Waals surface area contributed by atoms with Gasteiger partial charge >= 0.3 is 6.09 Å². The topological polar surface area (TPSA) is 94.2 Å². The number of rotatable bonds is 4. The first-order valence-electron chi connectivity index (χ1n) is 11.1. The second kappa shape index (κ2) is 10.4. The molecule has 3 amide bonds. The SMILES string of the molecule is COC(=O)Nc1cc(C(=O)N2CCNCC2)ccc1N1CCN(C(=O)c2ccccc2)CC1. The quantitative estimate of drug-likeness (QED) is 0.737. The van der Waals surface area contributed by atoms with Crippen LogP contribution in [0.25, 0.3) is 0 Å². The molecule has 174 valence electrons. The molecule has 0 atom stereocenters. The number of anilines is 2. The van der Waals surface area contributed by atoms with Crippen LogP contribution >= 0.6 is 0 Å². The van der Waals surface area contributed by atoms with Crippen molar-refractivity contribution in [1.29, 1.82) is 0 Å². The smallest absolute Gasteiger partial charge is 0.411 e. The average Bonchev–Trinajstić information content (AvgIpc) is 2.89. The summed E-state index contributed by atoms with van der Waals surface area (Å²) in [4.78, 5) is 43.4. The molecule has 4 rings (SSSR count). The maximum atomic E-state index is 12.9. The molecule has 0 saturated carbocycles. The first kappa shape index (κ1) is 22.6. The Morgan fingerprint density at radius 3 is 2.12 bits per heavy atom. The molecule has 0 radical (unpaired) electrons. The zero-order chi connectivity index (χ0) is 23.2. The predicted octanol–water partition coefficient (Wildman–Crippen LogP) is 1.87. The Morgan fingerprint density at radius 2 is 1.45 bits per heavy atom. The summed E-state index contributed by atoms with van der Waals surface area (Å²) in [5, 5.41) is 5.99. The molecule has 2 saturated heterocycles. The normalized spacial score (nSPS) is 16.3. The largest absolute Gasteiger partial charge is 0.453 e. The van der Waals surface area contributed by atoms with Crippen molar-refractivity contribution in [3.05, 3.63) is 59.7 Å². The van der Waals surface area contributed by atoms with Crippen LogP contribution in [0.1, 0.15) is 20.7 Å². The van der Waals surface area contributed by atoms with Crippen molar-refractivity contribution < 1.29 is 19.1 Å². The summed E-state index contributed by atoms with van der Waals surface area (Å²) in [6.07, 6.45) is -0.596. The lowest BCUT2D eigenvalue weighted by atomic mass is 10.1. The average molecular weight is 452 g/mol. The van der Waals surface area contributed by atoms with Gasteiger partial charge in [-0.3, -0.25) is 14.9 Å². The van der Waals surface area contributed by atoms with Gasteiger partial charge in [-0.2, -0.15) is 0 Å². The van der Waals surface area contributed by atoms with Gasteiger partial charge in [0, 0.05) is 63.5 Å². The first-order chi connectivity index (χ1) is 16.1. The van der Waals surface area contributed by atoms with E-state index in [0.717, 1.165) is 18.8 Å². The van der Waals surface area contributed by atoms with Gasteiger partial charge in [0.15, 0.2) is 0 Å². The van der Waals surface area contributed by atoms with Crippen molar-refractivity contribution in [3.8, 4) is 0 Å². The Hall–Kier alpha value is -3.59. The second-order valence-corrected chi connectivity index (χ2v) is 8.04. The Balaban J connectivity index is 1.50. The van der Waals surface area contributed by atoms with Crippen LogP contribution in [0.15, 0.2) is 48.5 Å². The second-order valence-electron chi connectivity index (χ2n) is 8.04. The number of piperazine rings is 2. The van der Waals surface area contributed by atoms with E-state index in [1.165, 1.54) is 7.11 Å². The van der Waals surface area contributed by atoms with Crippen LogP contribution in [0.4, 0.5) is 16.2 Å². The predicted molar refractivity (Wildman–Crippen MR) is 126 cm³/mol. The highest BCUT2D eigenvalue weighted by Gasteiger charge is 2.25. The summed E-state index contributed by atoms with van der Waals surface area (Å²) in [7, 11) is 1.30. The van der Waals surface area contributed by atoms with E-state index >= 15 is 0 Å². The molecule has 2 aliphatic heterocycles. The molecule has 2 aromatic rings. The lowest BCUT2D eigenvalue weighted by molar-refractivity contribution is 0.0731. The van der Waals surface area contributed by atoms with Gasteiger partial charge in [-0.1, -0.05) is 18.2 Å². The Bertz CT molecular complexity index is 999. The minimum absolute atomic E-state index is 0.0140. The molecule has 0 bridgehead atoms. The standard InChI is InChI=1S/C24H29N5O4/c1-33-24(32)26-20-17-19(23(31)28-11-9-25-10-12-28)7-8-21(20)27-13-15-29(16-14-27)22(30)18-5-3-2-4-6-18/h2-8,17,25H,9-16H2,1H3,(H,26,32). The van der Waals surface area contributed by atoms with Crippen molar-refractivity contribution >= 4 is 29.3 Å².